The molecule has 39 heavy (non-hydrogen) atoms. The number of H-pyrrole nitrogens is 1. The summed E-state index contributed by atoms with van der Waals surface area (Å²) in [5.74, 6) is -2.69. The molecular formula is C24H20F6N6O3. The lowest BCUT2D eigenvalue weighted by Crippen LogP contribution is -2.30. The van der Waals surface area contributed by atoms with E-state index < -0.39 is 64.3 Å². The second-order valence-corrected chi connectivity index (χ2v) is 8.60. The van der Waals surface area contributed by atoms with Crippen LogP contribution in [0, 0.1) is 11.6 Å². The van der Waals surface area contributed by atoms with Crippen LogP contribution in [0.25, 0.3) is 22.2 Å². The second kappa shape index (κ2) is 10.7. The molecule has 15 heteroatoms. The third-order valence-electron chi connectivity index (χ3n) is 5.80. The molecule has 0 aliphatic carbocycles. The normalized spacial score (nSPS) is 13.3. The monoisotopic (exact) mass is 554 g/mol. The molecule has 2 atom stereocenters. The highest BCUT2D eigenvalue weighted by atomic mass is 19.4. The van der Waals surface area contributed by atoms with Crippen molar-refractivity contribution in [3.8, 4) is 17.1 Å². The van der Waals surface area contributed by atoms with Gasteiger partial charge in [0.1, 0.15) is 11.7 Å². The summed E-state index contributed by atoms with van der Waals surface area (Å²) >= 11 is 0. The maximum Gasteiger partial charge on any atom is 0.423 e. The zero-order valence-corrected chi connectivity index (χ0v) is 20.3. The van der Waals surface area contributed by atoms with Crippen LogP contribution in [0.4, 0.5) is 32.0 Å². The van der Waals surface area contributed by atoms with Crippen molar-refractivity contribution < 1.29 is 31.1 Å². The smallest absolute Gasteiger partial charge is 0.423 e. The number of nitrogens with zero attached hydrogens (tertiary/aromatic N) is 4. The third-order valence-corrected chi connectivity index (χ3v) is 5.80. The first-order valence-corrected chi connectivity index (χ1v) is 11.3. The summed E-state index contributed by atoms with van der Waals surface area (Å²) in [4.78, 5) is 32.3. The van der Waals surface area contributed by atoms with Crippen molar-refractivity contribution in [2.75, 3.05) is 12.4 Å². The first-order chi connectivity index (χ1) is 18.4. The van der Waals surface area contributed by atoms with E-state index >= 15 is 0 Å². The molecule has 0 amide bonds. The van der Waals surface area contributed by atoms with Crippen LogP contribution in [0.3, 0.4) is 0 Å². The minimum atomic E-state index is -4.98. The van der Waals surface area contributed by atoms with Gasteiger partial charge >= 0.3 is 6.18 Å². The van der Waals surface area contributed by atoms with Crippen LogP contribution in [0.15, 0.2) is 46.5 Å². The molecule has 0 fully saturated rings. The Morgan fingerprint density at radius 1 is 1.13 bits per heavy atom. The SMILES string of the molecule is COc1cnc(-c2cc3ccn(C[C@H](F)C[C@H](C)Nc4cn[nH]c(=O)c4C(F)(F)F)c(=O)c3c(F)c2F)nc1. The second-order valence-electron chi connectivity index (χ2n) is 8.60. The number of aromatic nitrogens is 5. The molecule has 4 aromatic rings. The highest BCUT2D eigenvalue weighted by Gasteiger charge is 2.37. The lowest BCUT2D eigenvalue weighted by molar-refractivity contribution is -0.138. The van der Waals surface area contributed by atoms with Crippen LogP contribution in [0.5, 0.6) is 5.75 Å². The number of anilines is 1. The number of alkyl halides is 4. The fourth-order valence-corrected chi connectivity index (χ4v) is 4.03. The number of ether oxygens (including phenoxy) is 1. The minimum Gasteiger partial charge on any atom is -0.494 e. The predicted octanol–water partition coefficient (Wildman–Crippen LogP) is 4.08. The van der Waals surface area contributed by atoms with Crippen LogP contribution in [-0.4, -0.2) is 44.1 Å². The van der Waals surface area contributed by atoms with Crippen LogP contribution >= 0.6 is 0 Å². The Morgan fingerprint density at radius 2 is 1.82 bits per heavy atom. The van der Waals surface area contributed by atoms with Gasteiger partial charge in [0.05, 0.1) is 48.9 Å². The van der Waals surface area contributed by atoms with E-state index in [0.717, 1.165) is 10.8 Å². The summed E-state index contributed by atoms with van der Waals surface area (Å²) in [7, 11) is 1.38. The number of aromatic amines is 1. The molecule has 206 valence electrons. The van der Waals surface area contributed by atoms with E-state index in [1.165, 1.54) is 44.8 Å². The van der Waals surface area contributed by atoms with Gasteiger partial charge in [-0.25, -0.2) is 28.2 Å². The van der Waals surface area contributed by atoms with Gasteiger partial charge in [-0.15, -0.1) is 0 Å². The number of hydrogen-bond acceptors (Lipinski definition) is 7. The Labute approximate surface area is 215 Å². The fourth-order valence-electron chi connectivity index (χ4n) is 4.03. The zero-order chi connectivity index (χ0) is 28.5. The van der Waals surface area contributed by atoms with Crippen molar-refractivity contribution in [2.24, 2.45) is 0 Å². The molecule has 0 unspecified atom stereocenters. The Hall–Kier alpha value is -4.43. The van der Waals surface area contributed by atoms with E-state index in [0.29, 0.717) is 5.75 Å². The summed E-state index contributed by atoms with van der Waals surface area (Å²) in [5, 5.41) is 6.84. The van der Waals surface area contributed by atoms with Gasteiger partial charge in [-0.3, -0.25) is 9.59 Å². The Kier molecular flexibility index (Phi) is 7.60. The Bertz CT molecular complexity index is 1620. The van der Waals surface area contributed by atoms with Crippen molar-refractivity contribution in [3.63, 3.8) is 0 Å². The summed E-state index contributed by atoms with van der Waals surface area (Å²) in [6.07, 6.45) is -2.70. The maximum absolute atomic E-state index is 15.0. The summed E-state index contributed by atoms with van der Waals surface area (Å²) in [6.45, 7) is 0.778. The third kappa shape index (κ3) is 5.71. The van der Waals surface area contributed by atoms with E-state index in [1.807, 2.05) is 0 Å². The van der Waals surface area contributed by atoms with Crippen molar-refractivity contribution in [1.82, 2.24) is 24.7 Å². The Balaban J connectivity index is 1.55. The molecule has 0 saturated carbocycles. The molecule has 0 spiro atoms. The quantitative estimate of drug-likeness (QED) is 0.316. The van der Waals surface area contributed by atoms with E-state index in [2.05, 4.69) is 20.4 Å². The van der Waals surface area contributed by atoms with Crippen LogP contribution in [0.2, 0.25) is 0 Å². The molecule has 0 radical (unpaired) electrons. The first-order valence-electron chi connectivity index (χ1n) is 11.3. The average molecular weight is 554 g/mol. The van der Waals surface area contributed by atoms with E-state index in [1.54, 1.807) is 5.10 Å². The fraction of sp³-hybridized carbons (Fsp3) is 0.292. The molecule has 0 saturated heterocycles. The van der Waals surface area contributed by atoms with Gasteiger partial charge in [-0.1, -0.05) is 0 Å². The van der Waals surface area contributed by atoms with Gasteiger partial charge in [0.25, 0.3) is 11.1 Å². The van der Waals surface area contributed by atoms with Crippen LogP contribution in [0.1, 0.15) is 18.9 Å². The lowest BCUT2D eigenvalue weighted by Gasteiger charge is -2.20. The molecule has 0 bridgehead atoms. The summed E-state index contributed by atoms with van der Waals surface area (Å²) in [6, 6.07) is 1.55. The lowest BCUT2D eigenvalue weighted by atomic mass is 10.1. The average Bonchev–Trinajstić information content (AvgIpc) is 2.87. The van der Waals surface area contributed by atoms with Gasteiger partial charge in [-0.05, 0) is 24.4 Å². The first kappa shape index (κ1) is 27.6. The zero-order valence-electron chi connectivity index (χ0n) is 20.3. The largest absolute Gasteiger partial charge is 0.494 e. The van der Waals surface area contributed by atoms with Gasteiger partial charge in [-0.2, -0.15) is 18.3 Å². The standard InChI is InChI=1S/C24H20F6N6O3/c1-11(34-16-9-33-35-22(37)18(16)24(28,29)30)5-13(25)10-36-4-3-12-6-15(19(26)20(27)17(12)23(36)38)21-31-7-14(39-2)8-32-21/h3-4,6-9,11,13H,5,10H2,1-2H3,(H2,34,35,37)/t11-,13+/m0/s1. The van der Waals surface area contributed by atoms with Crippen molar-refractivity contribution in [3.05, 3.63) is 74.8 Å². The highest BCUT2D eigenvalue weighted by molar-refractivity contribution is 5.86. The maximum atomic E-state index is 15.0. The number of fused-ring (bicyclic) bond motifs is 1. The Morgan fingerprint density at radius 3 is 2.46 bits per heavy atom. The van der Waals surface area contributed by atoms with Crippen LogP contribution < -0.4 is 21.2 Å². The van der Waals surface area contributed by atoms with Gasteiger partial charge in [0, 0.05) is 18.7 Å². The van der Waals surface area contributed by atoms with Gasteiger partial charge in [0.15, 0.2) is 23.2 Å². The predicted molar refractivity (Wildman–Crippen MR) is 128 cm³/mol. The number of halogens is 6. The number of pyridine rings is 1. The molecule has 0 aliphatic heterocycles. The van der Waals surface area contributed by atoms with Crippen molar-refractivity contribution in [2.45, 2.75) is 38.3 Å². The molecular weight excluding hydrogens is 534 g/mol. The van der Waals surface area contributed by atoms with E-state index in [9.17, 15) is 35.9 Å². The van der Waals surface area contributed by atoms with E-state index in [-0.39, 0.29) is 23.2 Å². The molecule has 1 aromatic carbocycles. The topological polar surface area (TPSA) is 115 Å². The summed E-state index contributed by atoms with van der Waals surface area (Å²) < 4.78 is 90.2. The number of methoxy groups -OCH3 is 1. The van der Waals surface area contributed by atoms with E-state index in [4.69, 9.17) is 4.74 Å². The number of benzene rings is 1. The van der Waals surface area contributed by atoms with Crippen molar-refractivity contribution in [1.29, 1.82) is 0 Å². The van der Waals surface area contributed by atoms with Crippen LogP contribution in [-0.2, 0) is 12.7 Å². The number of hydrogen-bond donors (Lipinski definition) is 2. The molecule has 9 nitrogen and oxygen atoms in total. The molecule has 3 heterocycles. The highest BCUT2D eigenvalue weighted by Crippen LogP contribution is 2.32. The molecule has 0 aliphatic rings. The molecule has 2 N–H and O–H groups in total. The molecule has 4 rings (SSSR count). The van der Waals surface area contributed by atoms with Crippen molar-refractivity contribution >= 4 is 16.5 Å². The number of nitrogens with one attached hydrogen (secondary N) is 2. The van der Waals surface area contributed by atoms with Gasteiger partial charge in [0.2, 0.25) is 0 Å². The minimum absolute atomic E-state index is 0.0245. The van der Waals surface area contributed by atoms with Gasteiger partial charge < -0.3 is 14.6 Å². The molecule has 3 aromatic heterocycles. The number of rotatable bonds is 8. The summed E-state index contributed by atoms with van der Waals surface area (Å²) in [5.41, 5.74) is -4.91.